The van der Waals surface area contributed by atoms with E-state index in [2.05, 4.69) is 0 Å². The minimum Gasteiger partial charge on any atom is -0.479 e. The van der Waals surface area contributed by atoms with E-state index < -0.39 is 17.7 Å². The molecule has 0 aliphatic heterocycles. The Bertz CT molecular complexity index is 1010. The number of hydrogen-bond acceptors (Lipinski definition) is 6. The summed E-state index contributed by atoms with van der Waals surface area (Å²) in [6.07, 6.45) is -0.855. The van der Waals surface area contributed by atoms with Gasteiger partial charge in [0, 0.05) is 17.5 Å². The van der Waals surface area contributed by atoms with E-state index in [4.69, 9.17) is 19.2 Å². The van der Waals surface area contributed by atoms with Gasteiger partial charge in [0.2, 0.25) is 0 Å². The Balaban J connectivity index is 1.70. The van der Waals surface area contributed by atoms with Crippen LogP contribution >= 0.6 is 0 Å². The van der Waals surface area contributed by atoms with E-state index in [0.717, 1.165) is 5.39 Å². The zero-order chi connectivity index (χ0) is 17.8. The molecule has 0 amide bonds. The Labute approximate surface area is 142 Å². The highest BCUT2D eigenvalue weighted by Crippen LogP contribution is 2.20. The molecule has 6 nitrogen and oxygen atoms in total. The van der Waals surface area contributed by atoms with Crippen molar-refractivity contribution in [3.05, 3.63) is 70.6 Å². The van der Waals surface area contributed by atoms with E-state index in [1.165, 1.54) is 12.1 Å². The third-order valence-electron chi connectivity index (χ3n) is 3.44. The van der Waals surface area contributed by atoms with Crippen LogP contribution in [-0.2, 0) is 4.79 Å². The molecule has 1 unspecified atom stereocenters. The Morgan fingerprint density at radius 2 is 1.76 bits per heavy atom. The SMILES string of the molecule is CC(Oc1ccc(C#N)cc1)C(=O)Oc1ccc2ccc(=O)oc2c1. The van der Waals surface area contributed by atoms with Gasteiger partial charge in [-0.25, -0.2) is 9.59 Å². The van der Waals surface area contributed by atoms with Gasteiger partial charge in [0.1, 0.15) is 17.1 Å². The third kappa shape index (κ3) is 3.85. The van der Waals surface area contributed by atoms with Crippen molar-refractivity contribution in [2.24, 2.45) is 0 Å². The number of ether oxygens (including phenoxy) is 2. The second kappa shape index (κ2) is 6.89. The van der Waals surface area contributed by atoms with Gasteiger partial charge in [-0.3, -0.25) is 0 Å². The van der Waals surface area contributed by atoms with Gasteiger partial charge >= 0.3 is 11.6 Å². The average Bonchev–Trinajstić information content (AvgIpc) is 2.62. The zero-order valence-electron chi connectivity index (χ0n) is 13.3. The quantitative estimate of drug-likeness (QED) is 0.413. The van der Waals surface area contributed by atoms with Crippen LogP contribution in [0.25, 0.3) is 11.0 Å². The molecular weight excluding hydrogens is 322 g/mol. The molecule has 0 aliphatic carbocycles. The summed E-state index contributed by atoms with van der Waals surface area (Å²) in [7, 11) is 0. The topological polar surface area (TPSA) is 89.5 Å². The van der Waals surface area contributed by atoms with Crippen molar-refractivity contribution in [2.45, 2.75) is 13.0 Å². The Morgan fingerprint density at radius 1 is 1.08 bits per heavy atom. The molecule has 0 radical (unpaired) electrons. The van der Waals surface area contributed by atoms with E-state index in [9.17, 15) is 9.59 Å². The first kappa shape index (κ1) is 16.3. The van der Waals surface area contributed by atoms with Crippen LogP contribution in [0.15, 0.2) is 63.8 Å². The monoisotopic (exact) mass is 335 g/mol. The van der Waals surface area contributed by atoms with Crippen LogP contribution in [0.5, 0.6) is 11.5 Å². The number of hydrogen-bond donors (Lipinski definition) is 0. The second-order valence-electron chi connectivity index (χ2n) is 5.27. The lowest BCUT2D eigenvalue weighted by Crippen LogP contribution is -2.28. The van der Waals surface area contributed by atoms with Gasteiger partial charge in [0.05, 0.1) is 11.6 Å². The second-order valence-corrected chi connectivity index (χ2v) is 5.27. The molecule has 0 aliphatic rings. The molecule has 25 heavy (non-hydrogen) atoms. The summed E-state index contributed by atoms with van der Waals surface area (Å²) in [4.78, 5) is 23.4. The largest absolute Gasteiger partial charge is 0.479 e. The number of carbonyl (C=O) groups excluding carboxylic acids is 1. The van der Waals surface area contributed by atoms with Crippen molar-refractivity contribution >= 4 is 16.9 Å². The van der Waals surface area contributed by atoms with Crippen LogP contribution < -0.4 is 15.1 Å². The van der Waals surface area contributed by atoms with Crippen molar-refractivity contribution in [1.82, 2.24) is 0 Å². The van der Waals surface area contributed by atoms with Crippen molar-refractivity contribution in [3.63, 3.8) is 0 Å². The molecule has 2 aromatic carbocycles. The van der Waals surface area contributed by atoms with Crippen LogP contribution in [0, 0.1) is 11.3 Å². The molecule has 0 spiro atoms. The first-order valence-corrected chi connectivity index (χ1v) is 7.47. The molecule has 1 heterocycles. The lowest BCUT2D eigenvalue weighted by Gasteiger charge is -2.14. The summed E-state index contributed by atoms with van der Waals surface area (Å²) in [5, 5.41) is 9.49. The summed E-state index contributed by atoms with van der Waals surface area (Å²) < 4.78 is 15.8. The summed E-state index contributed by atoms with van der Waals surface area (Å²) in [5.41, 5.74) is 0.354. The summed E-state index contributed by atoms with van der Waals surface area (Å²) in [6.45, 7) is 1.56. The predicted molar refractivity (Wildman–Crippen MR) is 89.4 cm³/mol. The normalized spacial score (nSPS) is 11.5. The highest BCUT2D eigenvalue weighted by Gasteiger charge is 2.17. The number of esters is 1. The van der Waals surface area contributed by atoms with Gasteiger partial charge in [-0.05, 0) is 49.4 Å². The summed E-state index contributed by atoms with van der Waals surface area (Å²) in [5.74, 6) is 0.108. The molecule has 0 bridgehead atoms. The predicted octanol–water partition coefficient (Wildman–Crippen LogP) is 3.04. The molecular formula is C19H13NO5. The number of benzene rings is 2. The van der Waals surface area contributed by atoms with Crippen molar-refractivity contribution in [3.8, 4) is 17.6 Å². The van der Waals surface area contributed by atoms with E-state index in [-0.39, 0.29) is 5.75 Å². The lowest BCUT2D eigenvalue weighted by atomic mass is 10.2. The van der Waals surface area contributed by atoms with E-state index in [1.54, 1.807) is 49.4 Å². The first-order chi connectivity index (χ1) is 12.0. The van der Waals surface area contributed by atoms with E-state index in [1.807, 2.05) is 6.07 Å². The highest BCUT2D eigenvalue weighted by atomic mass is 16.6. The van der Waals surface area contributed by atoms with Crippen molar-refractivity contribution in [2.75, 3.05) is 0 Å². The highest BCUT2D eigenvalue weighted by molar-refractivity contribution is 5.81. The fourth-order valence-corrected chi connectivity index (χ4v) is 2.16. The maximum Gasteiger partial charge on any atom is 0.352 e. The maximum atomic E-state index is 12.2. The number of rotatable bonds is 4. The van der Waals surface area contributed by atoms with Crippen molar-refractivity contribution in [1.29, 1.82) is 5.26 Å². The van der Waals surface area contributed by atoms with Crippen LogP contribution in [0.3, 0.4) is 0 Å². The minimum atomic E-state index is -0.855. The van der Waals surface area contributed by atoms with Crippen LogP contribution in [0.1, 0.15) is 12.5 Å². The van der Waals surface area contributed by atoms with Gasteiger partial charge < -0.3 is 13.9 Å². The zero-order valence-corrected chi connectivity index (χ0v) is 13.3. The maximum absolute atomic E-state index is 12.2. The summed E-state index contributed by atoms with van der Waals surface area (Å²) in [6, 6.07) is 16.1. The standard InChI is InChI=1S/C19H13NO5/c1-12(23-15-6-2-13(11-20)3-7-15)19(22)24-16-8-4-14-5-9-18(21)25-17(14)10-16/h2-10,12H,1H3. The van der Waals surface area contributed by atoms with Gasteiger partial charge in [0.15, 0.2) is 6.10 Å². The third-order valence-corrected chi connectivity index (χ3v) is 3.44. The molecule has 1 atom stereocenters. The number of carbonyl (C=O) groups is 1. The molecule has 124 valence electrons. The van der Waals surface area contributed by atoms with Crippen LogP contribution in [-0.4, -0.2) is 12.1 Å². The first-order valence-electron chi connectivity index (χ1n) is 7.47. The summed E-state index contributed by atoms with van der Waals surface area (Å²) >= 11 is 0. The van der Waals surface area contributed by atoms with Crippen LogP contribution in [0.2, 0.25) is 0 Å². The van der Waals surface area contributed by atoms with Crippen LogP contribution in [0.4, 0.5) is 0 Å². The molecule has 0 N–H and O–H groups in total. The molecule has 6 heteroatoms. The fourth-order valence-electron chi connectivity index (χ4n) is 2.16. The van der Waals surface area contributed by atoms with E-state index in [0.29, 0.717) is 16.9 Å². The lowest BCUT2D eigenvalue weighted by molar-refractivity contribution is -0.141. The molecule has 3 aromatic rings. The van der Waals surface area contributed by atoms with Gasteiger partial charge in [-0.15, -0.1) is 0 Å². The smallest absolute Gasteiger partial charge is 0.352 e. The number of nitrogens with zero attached hydrogens (tertiary/aromatic N) is 1. The fraction of sp³-hybridized carbons (Fsp3) is 0.105. The molecule has 3 rings (SSSR count). The molecule has 0 saturated heterocycles. The molecule has 0 fully saturated rings. The Hall–Kier alpha value is -3.59. The Kier molecular flexibility index (Phi) is 4.48. The van der Waals surface area contributed by atoms with Gasteiger partial charge in [0.25, 0.3) is 0 Å². The molecule has 1 aromatic heterocycles. The van der Waals surface area contributed by atoms with Gasteiger partial charge in [-0.1, -0.05) is 0 Å². The Morgan fingerprint density at radius 3 is 2.48 bits per heavy atom. The number of fused-ring (bicyclic) bond motifs is 1. The molecule has 0 saturated carbocycles. The number of nitriles is 1. The van der Waals surface area contributed by atoms with Gasteiger partial charge in [-0.2, -0.15) is 5.26 Å². The average molecular weight is 335 g/mol. The van der Waals surface area contributed by atoms with Crippen molar-refractivity contribution < 1.29 is 18.7 Å². The van der Waals surface area contributed by atoms with E-state index >= 15 is 0 Å². The minimum absolute atomic E-state index is 0.252.